The van der Waals surface area contributed by atoms with Crippen molar-refractivity contribution in [3.63, 3.8) is 0 Å². The minimum Gasteiger partial charge on any atom is -0.442 e. The van der Waals surface area contributed by atoms with Crippen LogP contribution < -0.4 is 19.7 Å². The first-order chi connectivity index (χ1) is 11.2. The first kappa shape index (κ1) is 16.1. The van der Waals surface area contributed by atoms with Gasteiger partial charge >= 0.3 is 0 Å². The number of para-hydroxylation sites is 2. The van der Waals surface area contributed by atoms with Crippen molar-refractivity contribution in [3.05, 3.63) is 71.4 Å². The van der Waals surface area contributed by atoms with Crippen LogP contribution in [0.15, 0.2) is 71.4 Å². The molecule has 1 heterocycles. The summed E-state index contributed by atoms with van der Waals surface area (Å²) >= 11 is 1.33. The van der Waals surface area contributed by atoms with Gasteiger partial charge in [0.2, 0.25) is 0 Å². The normalized spacial score (nSPS) is 13.2. The van der Waals surface area contributed by atoms with Crippen molar-refractivity contribution in [2.75, 3.05) is 0 Å². The highest BCUT2D eigenvalue weighted by Crippen LogP contribution is 2.32. The molecule has 0 fully saturated rings. The maximum absolute atomic E-state index is 12.4. The highest BCUT2D eigenvalue weighted by atomic mass is 32.1. The zero-order valence-electron chi connectivity index (χ0n) is 12.0. The molecule has 118 valence electrons. The van der Waals surface area contributed by atoms with Crippen molar-refractivity contribution in [1.29, 1.82) is 0 Å². The fourth-order valence-electron chi connectivity index (χ4n) is 1.91. The van der Waals surface area contributed by atoms with E-state index in [2.05, 4.69) is 0 Å². The van der Waals surface area contributed by atoms with Crippen molar-refractivity contribution in [2.45, 2.75) is 0 Å². The average Bonchev–Trinajstić information content (AvgIpc) is 3.06. The lowest BCUT2D eigenvalue weighted by molar-refractivity contribution is 0.511. The van der Waals surface area contributed by atoms with Crippen molar-refractivity contribution in [1.82, 2.24) is 0 Å². The van der Waals surface area contributed by atoms with E-state index >= 15 is 0 Å². The first-order valence-corrected chi connectivity index (χ1v) is 10.4. The SMILES string of the molecule is O=[PH](Oc1ccccc1)c1cscc1[PH](=O)Oc1ccccc1. The summed E-state index contributed by atoms with van der Waals surface area (Å²) < 4.78 is 35.8. The molecule has 7 heteroatoms. The van der Waals surface area contributed by atoms with Gasteiger partial charge in [-0.3, -0.25) is 9.13 Å². The Bertz CT molecular complexity index is 750. The summed E-state index contributed by atoms with van der Waals surface area (Å²) in [6, 6.07) is 17.9. The fourth-order valence-corrected chi connectivity index (χ4v) is 6.01. The molecule has 3 aromatic rings. The number of thiophene rings is 1. The molecule has 0 saturated heterocycles. The van der Waals surface area contributed by atoms with E-state index in [1.165, 1.54) is 11.3 Å². The smallest absolute Gasteiger partial charge is 0.267 e. The highest BCUT2D eigenvalue weighted by Gasteiger charge is 2.18. The lowest BCUT2D eigenvalue weighted by Crippen LogP contribution is -2.16. The molecule has 0 bridgehead atoms. The molecule has 2 aromatic carbocycles. The molecule has 2 atom stereocenters. The van der Waals surface area contributed by atoms with Gasteiger partial charge in [0, 0.05) is 10.8 Å². The van der Waals surface area contributed by atoms with Crippen LogP contribution in [0.5, 0.6) is 11.5 Å². The quantitative estimate of drug-likeness (QED) is 0.618. The maximum atomic E-state index is 12.4. The standard InChI is InChI=1S/C16H14O4P2S/c17-21(19-13-7-3-1-4-8-13)15-11-23-12-16(15)22(18)20-14-9-5-2-6-10-14/h1-12,21-22H. The van der Waals surface area contributed by atoms with Crippen LogP contribution in [0.3, 0.4) is 0 Å². The Morgan fingerprint density at radius 1 is 0.652 bits per heavy atom. The van der Waals surface area contributed by atoms with Crippen LogP contribution in [0.1, 0.15) is 0 Å². The van der Waals surface area contributed by atoms with Gasteiger partial charge in [-0.05, 0) is 24.3 Å². The third-order valence-electron chi connectivity index (χ3n) is 3.01. The molecular weight excluding hydrogens is 350 g/mol. The minimum absolute atomic E-state index is 0.462. The molecule has 3 rings (SSSR count). The zero-order chi connectivity index (χ0) is 16.1. The van der Waals surface area contributed by atoms with Crippen LogP contribution in [-0.4, -0.2) is 0 Å². The Morgan fingerprint density at radius 3 is 1.43 bits per heavy atom. The molecule has 0 radical (unpaired) electrons. The minimum atomic E-state index is -2.54. The largest absolute Gasteiger partial charge is 0.442 e. The second kappa shape index (κ2) is 7.65. The van der Waals surface area contributed by atoms with Gasteiger partial charge in [-0.2, -0.15) is 11.3 Å². The lowest BCUT2D eigenvalue weighted by atomic mass is 10.3. The van der Waals surface area contributed by atoms with Gasteiger partial charge in [0.15, 0.2) is 0 Å². The summed E-state index contributed by atoms with van der Waals surface area (Å²) in [5, 5.41) is 4.33. The van der Waals surface area contributed by atoms with Crippen LogP contribution in [0.2, 0.25) is 0 Å². The predicted molar refractivity (Wildman–Crippen MR) is 95.7 cm³/mol. The van der Waals surface area contributed by atoms with Crippen LogP contribution in [-0.2, 0) is 9.13 Å². The molecule has 0 saturated carbocycles. The van der Waals surface area contributed by atoms with Gasteiger partial charge < -0.3 is 9.05 Å². The van der Waals surface area contributed by atoms with Crippen molar-refractivity contribution < 1.29 is 18.2 Å². The molecule has 0 N–H and O–H groups in total. The van der Waals surface area contributed by atoms with E-state index in [1.807, 2.05) is 12.1 Å². The lowest BCUT2D eigenvalue weighted by Gasteiger charge is -2.08. The molecule has 4 nitrogen and oxygen atoms in total. The van der Waals surface area contributed by atoms with E-state index in [0.29, 0.717) is 22.1 Å². The van der Waals surface area contributed by atoms with Gasteiger partial charge in [-0.25, -0.2) is 0 Å². The zero-order valence-corrected chi connectivity index (χ0v) is 14.8. The van der Waals surface area contributed by atoms with Gasteiger partial charge in [0.05, 0.1) is 10.6 Å². The van der Waals surface area contributed by atoms with E-state index in [4.69, 9.17) is 9.05 Å². The highest BCUT2D eigenvalue weighted by molar-refractivity contribution is 7.57. The Morgan fingerprint density at radius 2 is 1.04 bits per heavy atom. The van der Waals surface area contributed by atoms with Crippen molar-refractivity contribution in [3.8, 4) is 11.5 Å². The summed E-state index contributed by atoms with van der Waals surface area (Å²) in [7, 11) is -5.07. The van der Waals surface area contributed by atoms with E-state index in [0.717, 1.165) is 0 Å². The van der Waals surface area contributed by atoms with E-state index < -0.39 is 16.1 Å². The topological polar surface area (TPSA) is 52.6 Å². The Hall–Kier alpha value is -1.80. The first-order valence-electron chi connectivity index (χ1n) is 6.84. The molecule has 0 aliphatic heterocycles. The van der Waals surface area contributed by atoms with Crippen LogP contribution >= 0.6 is 27.4 Å². The molecule has 0 aliphatic rings. The third kappa shape index (κ3) is 4.14. The van der Waals surface area contributed by atoms with Crippen LogP contribution in [0.25, 0.3) is 0 Å². The fraction of sp³-hybridized carbons (Fsp3) is 0. The predicted octanol–water partition coefficient (Wildman–Crippen LogP) is 4.11. The Labute approximate surface area is 139 Å². The third-order valence-corrected chi connectivity index (χ3v) is 6.97. The number of hydrogen-bond donors (Lipinski definition) is 0. The van der Waals surface area contributed by atoms with Crippen LogP contribution in [0, 0.1) is 0 Å². The summed E-state index contributed by atoms with van der Waals surface area (Å²) in [4.78, 5) is 0. The molecule has 1 aromatic heterocycles. The van der Waals surface area contributed by atoms with E-state index in [9.17, 15) is 9.13 Å². The summed E-state index contributed by atoms with van der Waals surface area (Å²) in [6.45, 7) is 0. The summed E-state index contributed by atoms with van der Waals surface area (Å²) in [6.07, 6.45) is 0. The van der Waals surface area contributed by atoms with Gasteiger partial charge in [-0.1, -0.05) is 36.4 Å². The molecule has 0 spiro atoms. The molecule has 0 amide bonds. The molecule has 2 unspecified atom stereocenters. The number of rotatable bonds is 6. The van der Waals surface area contributed by atoms with Crippen molar-refractivity contribution in [2.24, 2.45) is 0 Å². The second-order valence-electron chi connectivity index (χ2n) is 4.60. The summed E-state index contributed by atoms with van der Waals surface area (Å²) in [5.41, 5.74) is 0. The average molecular weight is 364 g/mol. The number of benzene rings is 2. The van der Waals surface area contributed by atoms with Gasteiger partial charge in [0.25, 0.3) is 16.1 Å². The van der Waals surface area contributed by atoms with Gasteiger partial charge in [0.1, 0.15) is 11.5 Å². The van der Waals surface area contributed by atoms with Crippen molar-refractivity contribution >= 4 is 38.0 Å². The Kier molecular flexibility index (Phi) is 5.35. The van der Waals surface area contributed by atoms with E-state index in [1.54, 1.807) is 59.3 Å². The monoisotopic (exact) mass is 364 g/mol. The number of hydrogen-bond acceptors (Lipinski definition) is 5. The van der Waals surface area contributed by atoms with Gasteiger partial charge in [-0.15, -0.1) is 0 Å². The Balaban J connectivity index is 1.76. The maximum Gasteiger partial charge on any atom is 0.267 e. The molecule has 0 aliphatic carbocycles. The van der Waals surface area contributed by atoms with E-state index in [-0.39, 0.29) is 0 Å². The summed E-state index contributed by atoms with van der Waals surface area (Å²) in [5.74, 6) is 1.05. The molecular formula is C16H14O4P2S. The second-order valence-corrected chi connectivity index (χ2v) is 7.98. The van der Waals surface area contributed by atoms with Crippen LogP contribution in [0.4, 0.5) is 0 Å². The molecule has 23 heavy (non-hydrogen) atoms.